The Labute approximate surface area is 171 Å². The van der Waals surface area contributed by atoms with Crippen molar-refractivity contribution in [1.29, 1.82) is 0 Å². The van der Waals surface area contributed by atoms with Crippen molar-refractivity contribution in [2.24, 2.45) is 0 Å². The number of carbonyl (C=O) groups excluding carboxylic acids is 1. The molecular weight excluding hydrogens is 362 g/mol. The topological polar surface area (TPSA) is 70.2 Å². The van der Waals surface area contributed by atoms with E-state index in [1.165, 1.54) is 24.9 Å². The van der Waals surface area contributed by atoms with Gasteiger partial charge in [-0.25, -0.2) is 4.98 Å². The van der Waals surface area contributed by atoms with E-state index in [9.17, 15) is 4.79 Å². The van der Waals surface area contributed by atoms with Crippen LogP contribution < -0.4 is 15.5 Å². The number of carbonyl (C=O) groups is 1. The lowest BCUT2D eigenvalue weighted by molar-refractivity contribution is 0.101. The lowest BCUT2D eigenvalue weighted by Gasteiger charge is -2.28. The van der Waals surface area contributed by atoms with Gasteiger partial charge in [-0.3, -0.25) is 4.79 Å². The molecule has 29 heavy (non-hydrogen) atoms. The second-order valence-electron chi connectivity index (χ2n) is 7.25. The Bertz CT molecular complexity index is 981. The molecule has 0 spiro atoms. The SMILES string of the molecule is CC(=O)c1cccc(Nc2nccc(Nc3ccc(N4CCCCC4)cc3)n2)c1. The minimum Gasteiger partial charge on any atom is -0.372 e. The van der Waals surface area contributed by atoms with E-state index < -0.39 is 0 Å². The number of benzene rings is 2. The number of nitrogens with zero attached hydrogens (tertiary/aromatic N) is 3. The summed E-state index contributed by atoms with van der Waals surface area (Å²) >= 11 is 0. The summed E-state index contributed by atoms with van der Waals surface area (Å²) in [5.74, 6) is 1.20. The third-order valence-electron chi connectivity index (χ3n) is 5.04. The molecule has 6 heteroatoms. The molecule has 1 aliphatic heterocycles. The fourth-order valence-electron chi connectivity index (χ4n) is 3.49. The van der Waals surface area contributed by atoms with E-state index in [-0.39, 0.29) is 5.78 Å². The lowest BCUT2D eigenvalue weighted by Crippen LogP contribution is -2.29. The Morgan fingerprint density at radius 3 is 2.48 bits per heavy atom. The highest BCUT2D eigenvalue weighted by Crippen LogP contribution is 2.24. The highest BCUT2D eigenvalue weighted by molar-refractivity contribution is 5.95. The van der Waals surface area contributed by atoms with Crippen LogP contribution in [0.5, 0.6) is 0 Å². The molecule has 1 aliphatic rings. The summed E-state index contributed by atoms with van der Waals surface area (Å²) in [6, 6.07) is 17.6. The van der Waals surface area contributed by atoms with Gasteiger partial charge in [-0.05, 0) is 68.7 Å². The lowest BCUT2D eigenvalue weighted by atomic mass is 10.1. The van der Waals surface area contributed by atoms with Gasteiger partial charge in [0, 0.05) is 41.9 Å². The molecule has 0 saturated carbocycles. The molecule has 0 atom stereocenters. The highest BCUT2D eigenvalue weighted by atomic mass is 16.1. The maximum absolute atomic E-state index is 11.6. The summed E-state index contributed by atoms with van der Waals surface area (Å²) in [6.45, 7) is 3.83. The Balaban J connectivity index is 1.43. The average molecular weight is 387 g/mol. The molecule has 148 valence electrons. The van der Waals surface area contributed by atoms with Crippen LogP contribution in [0.4, 0.5) is 28.8 Å². The monoisotopic (exact) mass is 387 g/mol. The number of rotatable bonds is 6. The first-order valence-corrected chi connectivity index (χ1v) is 10.0. The summed E-state index contributed by atoms with van der Waals surface area (Å²) in [4.78, 5) is 22.8. The first-order valence-electron chi connectivity index (χ1n) is 10.0. The van der Waals surface area contributed by atoms with Crippen molar-refractivity contribution < 1.29 is 4.79 Å². The molecule has 0 unspecified atom stereocenters. The largest absolute Gasteiger partial charge is 0.372 e. The maximum Gasteiger partial charge on any atom is 0.229 e. The summed E-state index contributed by atoms with van der Waals surface area (Å²) in [6.07, 6.45) is 5.58. The number of nitrogens with one attached hydrogen (secondary N) is 2. The maximum atomic E-state index is 11.6. The van der Waals surface area contributed by atoms with Gasteiger partial charge in [-0.15, -0.1) is 0 Å². The molecule has 4 rings (SSSR count). The predicted octanol–water partition coefficient (Wildman–Crippen LogP) is 5.16. The molecule has 3 aromatic rings. The van der Waals surface area contributed by atoms with Gasteiger partial charge in [0.2, 0.25) is 5.95 Å². The van der Waals surface area contributed by atoms with E-state index in [0.29, 0.717) is 17.3 Å². The van der Waals surface area contributed by atoms with Gasteiger partial charge < -0.3 is 15.5 Å². The van der Waals surface area contributed by atoms with Crippen LogP contribution in [0.3, 0.4) is 0 Å². The Hall–Kier alpha value is -3.41. The first kappa shape index (κ1) is 18.9. The molecule has 1 fully saturated rings. The van der Waals surface area contributed by atoms with Gasteiger partial charge in [-0.2, -0.15) is 4.98 Å². The fraction of sp³-hybridized carbons (Fsp3) is 0.261. The summed E-state index contributed by atoms with van der Waals surface area (Å²) in [5.41, 5.74) is 3.68. The van der Waals surface area contributed by atoms with Crippen LogP contribution in [0.25, 0.3) is 0 Å². The minimum absolute atomic E-state index is 0.0259. The average Bonchev–Trinajstić information content (AvgIpc) is 2.75. The molecular formula is C23H25N5O. The Morgan fingerprint density at radius 1 is 0.931 bits per heavy atom. The molecule has 1 aromatic heterocycles. The zero-order valence-electron chi connectivity index (χ0n) is 16.6. The van der Waals surface area contributed by atoms with E-state index in [0.717, 1.165) is 24.5 Å². The molecule has 0 radical (unpaired) electrons. The zero-order valence-corrected chi connectivity index (χ0v) is 16.6. The quantitative estimate of drug-likeness (QED) is 0.570. The van der Waals surface area contributed by atoms with Gasteiger partial charge in [0.05, 0.1) is 0 Å². The number of hydrogen-bond acceptors (Lipinski definition) is 6. The zero-order chi connectivity index (χ0) is 20.1. The van der Waals surface area contributed by atoms with E-state index in [4.69, 9.17) is 0 Å². The Kier molecular flexibility index (Phi) is 5.70. The number of anilines is 5. The smallest absolute Gasteiger partial charge is 0.229 e. The summed E-state index contributed by atoms with van der Waals surface area (Å²) in [7, 11) is 0. The third-order valence-corrected chi connectivity index (χ3v) is 5.04. The number of Topliss-reactive ketones (excluding diaryl/α,β-unsaturated/α-hetero) is 1. The predicted molar refractivity (Wildman–Crippen MR) is 118 cm³/mol. The van der Waals surface area contributed by atoms with Crippen LogP contribution in [0.2, 0.25) is 0 Å². The van der Waals surface area contributed by atoms with Crippen LogP contribution in [0.15, 0.2) is 60.8 Å². The van der Waals surface area contributed by atoms with Crippen molar-refractivity contribution in [2.45, 2.75) is 26.2 Å². The molecule has 0 amide bonds. The van der Waals surface area contributed by atoms with Crippen molar-refractivity contribution in [3.8, 4) is 0 Å². The normalized spacial score (nSPS) is 13.8. The van der Waals surface area contributed by atoms with Crippen molar-refractivity contribution >= 4 is 34.6 Å². The van der Waals surface area contributed by atoms with Gasteiger partial charge in [-0.1, -0.05) is 12.1 Å². The summed E-state index contributed by atoms with van der Waals surface area (Å²) < 4.78 is 0. The first-order chi connectivity index (χ1) is 14.2. The van der Waals surface area contributed by atoms with Crippen LogP contribution in [0, 0.1) is 0 Å². The Morgan fingerprint density at radius 2 is 1.72 bits per heavy atom. The van der Waals surface area contributed by atoms with Crippen LogP contribution >= 0.6 is 0 Å². The molecule has 1 saturated heterocycles. The second kappa shape index (κ2) is 8.73. The van der Waals surface area contributed by atoms with Gasteiger partial charge in [0.1, 0.15) is 5.82 Å². The molecule has 2 heterocycles. The van der Waals surface area contributed by atoms with Gasteiger partial charge >= 0.3 is 0 Å². The van der Waals surface area contributed by atoms with Gasteiger partial charge in [0.15, 0.2) is 5.78 Å². The molecule has 2 N–H and O–H groups in total. The van der Waals surface area contributed by atoms with Crippen molar-refractivity contribution in [2.75, 3.05) is 28.6 Å². The fourth-order valence-corrected chi connectivity index (χ4v) is 3.49. The van der Waals surface area contributed by atoms with Crippen LogP contribution in [-0.2, 0) is 0 Å². The van der Waals surface area contributed by atoms with Crippen molar-refractivity contribution in [3.05, 3.63) is 66.4 Å². The minimum atomic E-state index is 0.0259. The van der Waals surface area contributed by atoms with E-state index >= 15 is 0 Å². The van der Waals surface area contributed by atoms with Crippen molar-refractivity contribution in [1.82, 2.24) is 9.97 Å². The third kappa shape index (κ3) is 4.90. The summed E-state index contributed by atoms with van der Waals surface area (Å²) in [5, 5.41) is 6.48. The highest BCUT2D eigenvalue weighted by Gasteiger charge is 2.10. The van der Waals surface area contributed by atoms with Crippen LogP contribution in [-0.4, -0.2) is 28.8 Å². The molecule has 2 aromatic carbocycles. The number of aromatic nitrogens is 2. The van der Waals surface area contributed by atoms with Crippen molar-refractivity contribution in [3.63, 3.8) is 0 Å². The van der Waals surface area contributed by atoms with Crippen LogP contribution in [0.1, 0.15) is 36.5 Å². The van der Waals surface area contributed by atoms with E-state index in [2.05, 4.69) is 49.8 Å². The molecule has 0 aliphatic carbocycles. The van der Waals surface area contributed by atoms with E-state index in [1.54, 1.807) is 25.3 Å². The number of ketones is 1. The molecule has 6 nitrogen and oxygen atoms in total. The number of piperidine rings is 1. The standard InChI is InChI=1S/C23H25N5O/c1-17(29)18-6-5-7-20(16-18)26-23-24-13-12-22(27-23)25-19-8-10-21(11-9-19)28-14-3-2-4-15-28/h5-13,16H,2-4,14-15H2,1H3,(H2,24,25,26,27). The second-order valence-corrected chi connectivity index (χ2v) is 7.25. The molecule has 0 bridgehead atoms. The van der Waals surface area contributed by atoms with E-state index in [1.807, 2.05) is 18.2 Å². The number of hydrogen-bond donors (Lipinski definition) is 2. The van der Waals surface area contributed by atoms with Gasteiger partial charge in [0.25, 0.3) is 0 Å².